The van der Waals surface area contributed by atoms with E-state index in [1.54, 1.807) is 12.1 Å². The summed E-state index contributed by atoms with van der Waals surface area (Å²) in [5, 5.41) is 0.275. The van der Waals surface area contributed by atoms with Crippen LogP contribution in [-0.2, 0) is 19.6 Å². The van der Waals surface area contributed by atoms with Gasteiger partial charge in [-0.05, 0) is 48.6 Å². The number of benzene rings is 2. The summed E-state index contributed by atoms with van der Waals surface area (Å²) >= 11 is 6.07. The second-order valence-corrected chi connectivity index (χ2v) is 11.4. The molecule has 1 heterocycles. The number of ether oxygens (including phenoxy) is 1. The first-order valence-electron chi connectivity index (χ1n) is 11.0. The number of hydrogen-bond acceptors (Lipinski definition) is 4. The van der Waals surface area contributed by atoms with Crippen LogP contribution in [0.3, 0.4) is 0 Å². The number of hydrogen-bond donors (Lipinski definition) is 0. The lowest BCUT2D eigenvalue weighted by Crippen LogP contribution is -2.56. The number of morpholine rings is 1. The van der Waals surface area contributed by atoms with Gasteiger partial charge in [0.1, 0.15) is 6.61 Å². The predicted octanol–water partition coefficient (Wildman–Crippen LogP) is 4.26. The van der Waals surface area contributed by atoms with E-state index in [0.717, 1.165) is 5.56 Å². The monoisotopic (exact) mass is 476 g/mol. The van der Waals surface area contributed by atoms with Gasteiger partial charge in [-0.1, -0.05) is 55.8 Å². The number of halogens is 1. The van der Waals surface area contributed by atoms with Gasteiger partial charge in [-0.25, -0.2) is 8.42 Å². The van der Waals surface area contributed by atoms with Crippen LogP contribution in [0.2, 0.25) is 5.02 Å². The van der Waals surface area contributed by atoms with Crippen molar-refractivity contribution in [3.63, 3.8) is 0 Å². The number of sulfonamides is 1. The van der Waals surface area contributed by atoms with Gasteiger partial charge in [-0.2, -0.15) is 0 Å². The maximum atomic E-state index is 13.4. The second kappa shape index (κ2) is 9.41. The minimum Gasteiger partial charge on any atom is -0.369 e. The molecule has 2 atom stereocenters. The molecule has 0 bridgehead atoms. The Hall–Kier alpha value is -2.09. The summed E-state index contributed by atoms with van der Waals surface area (Å²) in [7, 11) is -3.51. The van der Waals surface area contributed by atoms with Gasteiger partial charge in [-0.15, -0.1) is 0 Å². The lowest BCUT2D eigenvalue weighted by atomic mass is 9.96. The highest BCUT2D eigenvalue weighted by atomic mass is 35.5. The Balaban J connectivity index is 1.71. The van der Waals surface area contributed by atoms with E-state index in [1.807, 2.05) is 61.2 Å². The maximum Gasteiger partial charge on any atom is 0.249 e. The van der Waals surface area contributed by atoms with E-state index in [1.165, 1.54) is 4.31 Å². The van der Waals surface area contributed by atoms with Gasteiger partial charge in [0.05, 0.1) is 36.2 Å². The Bertz CT molecular complexity index is 1040. The predicted molar refractivity (Wildman–Crippen MR) is 126 cm³/mol. The summed E-state index contributed by atoms with van der Waals surface area (Å²) in [5.41, 5.74) is 1.55. The molecule has 8 heteroatoms. The number of para-hydroxylation sites is 1. The van der Waals surface area contributed by atoms with Crippen LogP contribution in [0.4, 0.5) is 5.69 Å². The maximum absolute atomic E-state index is 13.4. The number of carbonyl (C=O) groups excluding carboxylic acids is 1. The number of nitrogens with zero attached hydrogens (tertiary/aromatic N) is 2. The second-order valence-electron chi connectivity index (χ2n) is 8.81. The molecule has 1 saturated carbocycles. The number of anilines is 1. The van der Waals surface area contributed by atoms with Crippen LogP contribution in [0.1, 0.15) is 38.3 Å². The van der Waals surface area contributed by atoms with Gasteiger partial charge >= 0.3 is 0 Å². The zero-order valence-corrected chi connectivity index (χ0v) is 19.9. The van der Waals surface area contributed by atoms with Gasteiger partial charge in [0.2, 0.25) is 15.9 Å². The molecule has 2 aliphatic rings. The Morgan fingerprint density at radius 1 is 1.09 bits per heavy atom. The molecule has 0 N–H and O–H groups in total. The zero-order chi connectivity index (χ0) is 22.9. The molecule has 2 fully saturated rings. The normalized spacial score (nSPS) is 20.4. The van der Waals surface area contributed by atoms with E-state index >= 15 is 0 Å². The Labute approximate surface area is 195 Å². The van der Waals surface area contributed by atoms with E-state index in [0.29, 0.717) is 30.2 Å². The average Bonchev–Trinajstić information content (AvgIpc) is 3.62. The van der Waals surface area contributed by atoms with E-state index < -0.39 is 10.0 Å². The summed E-state index contributed by atoms with van der Waals surface area (Å²) in [5.74, 6) is -0.0980. The number of carbonyl (C=O) groups is 1. The fourth-order valence-corrected chi connectivity index (χ4v) is 6.22. The summed E-state index contributed by atoms with van der Waals surface area (Å²) < 4.78 is 33.9. The molecule has 1 amide bonds. The Morgan fingerprint density at radius 3 is 2.34 bits per heavy atom. The van der Waals surface area contributed by atoms with Gasteiger partial charge in [0, 0.05) is 5.02 Å². The van der Waals surface area contributed by atoms with Crippen molar-refractivity contribution in [2.45, 2.75) is 44.0 Å². The van der Waals surface area contributed by atoms with Crippen LogP contribution in [0, 0.1) is 5.92 Å². The Morgan fingerprint density at radius 2 is 1.75 bits per heavy atom. The quantitative estimate of drug-likeness (QED) is 0.570. The van der Waals surface area contributed by atoms with Crippen molar-refractivity contribution < 1.29 is 17.9 Å². The minimum atomic E-state index is -3.51. The van der Waals surface area contributed by atoms with Crippen LogP contribution < -0.4 is 4.31 Å². The third-order valence-electron chi connectivity index (χ3n) is 6.16. The molecule has 0 radical (unpaired) electrons. The highest BCUT2D eigenvalue weighted by Crippen LogP contribution is 2.36. The van der Waals surface area contributed by atoms with E-state index in [2.05, 4.69) is 0 Å². The first kappa shape index (κ1) is 23.1. The third-order valence-corrected chi connectivity index (χ3v) is 8.70. The fraction of sp³-hybridized carbons (Fsp3) is 0.458. The zero-order valence-electron chi connectivity index (χ0n) is 18.4. The largest absolute Gasteiger partial charge is 0.369 e. The molecule has 32 heavy (non-hydrogen) atoms. The summed E-state index contributed by atoms with van der Waals surface area (Å²) in [6.45, 7) is 4.61. The molecule has 1 aliphatic carbocycles. The molecule has 4 rings (SSSR count). The molecular formula is C24H29ClN2O4S. The lowest BCUT2D eigenvalue weighted by molar-refractivity contribution is -0.153. The molecule has 0 aromatic heterocycles. The third kappa shape index (κ3) is 4.80. The summed E-state index contributed by atoms with van der Waals surface area (Å²) in [4.78, 5) is 14.9. The highest BCUT2D eigenvalue weighted by Gasteiger charge is 2.44. The van der Waals surface area contributed by atoms with Crippen LogP contribution in [-0.4, -0.2) is 50.3 Å². The molecule has 1 aliphatic heterocycles. The first-order chi connectivity index (χ1) is 15.3. The highest BCUT2D eigenvalue weighted by molar-refractivity contribution is 7.93. The molecule has 172 valence electrons. The summed E-state index contributed by atoms with van der Waals surface area (Å²) in [6.07, 6.45) is 1.36. The number of amides is 1. The van der Waals surface area contributed by atoms with Crippen molar-refractivity contribution in [3.8, 4) is 0 Å². The van der Waals surface area contributed by atoms with Crippen molar-refractivity contribution in [1.82, 2.24) is 4.90 Å². The lowest BCUT2D eigenvalue weighted by Gasteiger charge is -2.44. The van der Waals surface area contributed by atoms with Crippen LogP contribution in [0.25, 0.3) is 0 Å². The van der Waals surface area contributed by atoms with Crippen molar-refractivity contribution in [2.75, 3.05) is 24.1 Å². The molecule has 2 aromatic rings. The van der Waals surface area contributed by atoms with Crippen LogP contribution in [0.15, 0.2) is 54.6 Å². The minimum absolute atomic E-state index is 0.00593. The topological polar surface area (TPSA) is 66.9 Å². The number of rotatable bonds is 8. The molecular weight excluding hydrogens is 448 g/mol. The van der Waals surface area contributed by atoms with Gasteiger partial charge < -0.3 is 9.64 Å². The molecule has 1 unspecified atom stereocenters. The van der Waals surface area contributed by atoms with Crippen molar-refractivity contribution >= 4 is 33.2 Å². The van der Waals surface area contributed by atoms with E-state index in [4.69, 9.17) is 16.3 Å². The standard InChI is InChI=1S/C24H29ClN2O4S/c1-17(2)22(14-26(20-6-4-3-5-7-20)32(29,30)21-12-13-21)27-23(15-31-16-24(27)28)18-8-10-19(25)11-9-18/h3-11,17,21-23H,12-16H2,1-2H3/t22?,23-/m0/s1. The van der Waals surface area contributed by atoms with Crippen LogP contribution >= 0.6 is 11.6 Å². The van der Waals surface area contributed by atoms with E-state index in [9.17, 15) is 13.2 Å². The molecule has 1 saturated heterocycles. The molecule has 6 nitrogen and oxygen atoms in total. The molecule has 0 spiro atoms. The summed E-state index contributed by atoms with van der Waals surface area (Å²) in [6, 6.07) is 15.9. The van der Waals surface area contributed by atoms with Crippen molar-refractivity contribution in [3.05, 3.63) is 65.2 Å². The van der Waals surface area contributed by atoms with Crippen LogP contribution in [0.5, 0.6) is 0 Å². The Kier molecular flexibility index (Phi) is 6.79. The fourth-order valence-electron chi connectivity index (χ4n) is 4.23. The van der Waals surface area contributed by atoms with Gasteiger partial charge in [0.25, 0.3) is 0 Å². The van der Waals surface area contributed by atoms with E-state index in [-0.39, 0.29) is 42.3 Å². The van der Waals surface area contributed by atoms with Gasteiger partial charge in [-0.3, -0.25) is 9.10 Å². The van der Waals surface area contributed by atoms with Crippen molar-refractivity contribution in [1.29, 1.82) is 0 Å². The smallest absolute Gasteiger partial charge is 0.249 e. The molecule has 2 aromatic carbocycles. The van der Waals surface area contributed by atoms with Gasteiger partial charge in [0.15, 0.2) is 0 Å². The first-order valence-corrected chi connectivity index (χ1v) is 12.9. The SMILES string of the molecule is CC(C)C(CN(c1ccccc1)S(=O)(=O)C1CC1)N1C(=O)COC[C@H]1c1ccc(Cl)cc1. The average molecular weight is 477 g/mol. The van der Waals surface area contributed by atoms with Crippen molar-refractivity contribution in [2.24, 2.45) is 5.92 Å².